The number of nitrogens with zero attached hydrogens (tertiary/aromatic N) is 4. The number of carbonyl (C=O) groups is 5. The van der Waals surface area contributed by atoms with E-state index in [-0.39, 0.29) is 50.6 Å². The Hall–Kier alpha value is -4.98. The van der Waals surface area contributed by atoms with Crippen LogP contribution in [0, 0.1) is 6.57 Å². The van der Waals surface area contributed by atoms with Crippen LogP contribution < -0.4 is 21.8 Å². The number of amides is 1. The monoisotopic (exact) mass is 701 g/mol. The first-order valence-corrected chi connectivity index (χ1v) is 16.6. The van der Waals surface area contributed by atoms with Crippen molar-refractivity contribution in [3.05, 3.63) is 59.2 Å². The lowest BCUT2D eigenvalue weighted by molar-refractivity contribution is -0.459. The summed E-state index contributed by atoms with van der Waals surface area (Å²) in [6.07, 6.45) is 3.90. The molecule has 8 N–H and O–H groups in total. The summed E-state index contributed by atoms with van der Waals surface area (Å²) in [6.45, 7) is 11.4. The van der Waals surface area contributed by atoms with Gasteiger partial charge in [-0.25, -0.2) is 11.4 Å². The van der Waals surface area contributed by atoms with Crippen LogP contribution in [0.15, 0.2) is 36.5 Å². The molecule has 1 aromatic heterocycles. The van der Waals surface area contributed by atoms with Crippen LogP contribution in [0.25, 0.3) is 4.85 Å². The number of aryl methyl sites for hydroxylation is 1. The minimum absolute atomic E-state index is 0.0144. The summed E-state index contributed by atoms with van der Waals surface area (Å²) in [6, 6.07) is 7.36. The van der Waals surface area contributed by atoms with E-state index in [0.29, 0.717) is 50.0 Å². The second-order valence-electron chi connectivity index (χ2n) is 12.0. The van der Waals surface area contributed by atoms with Crippen molar-refractivity contribution in [3.63, 3.8) is 0 Å². The number of ether oxygens (including phenoxy) is 1. The van der Waals surface area contributed by atoms with E-state index >= 15 is 0 Å². The summed E-state index contributed by atoms with van der Waals surface area (Å²) in [5.41, 5.74) is 10.1. The van der Waals surface area contributed by atoms with Gasteiger partial charge >= 0.3 is 23.9 Å². The predicted molar refractivity (Wildman–Crippen MR) is 180 cm³/mol. The van der Waals surface area contributed by atoms with Crippen LogP contribution in [0.1, 0.15) is 87.7 Å². The number of unbranched alkanes of at least 4 members (excludes halogenated alkanes) is 2. The van der Waals surface area contributed by atoms with E-state index in [2.05, 4.69) is 25.5 Å². The molecular formula is C32H45N8O8S+. The van der Waals surface area contributed by atoms with Crippen molar-refractivity contribution < 1.29 is 43.9 Å². The number of guanidine groups is 1. The molecule has 0 aliphatic heterocycles. The highest BCUT2D eigenvalue weighted by molar-refractivity contribution is 8.15. The average Bonchev–Trinajstić information content (AvgIpc) is 3.51. The highest BCUT2D eigenvalue weighted by Crippen LogP contribution is 2.40. The molecule has 17 heteroatoms. The molecule has 1 aromatic carbocycles. The first kappa shape index (κ1) is 40.2. The topological polar surface area (TPSA) is 248 Å². The van der Waals surface area contributed by atoms with Crippen LogP contribution in [-0.4, -0.2) is 83.0 Å². The molecule has 0 bridgehead atoms. The van der Waals surface area contributed by atoms with E-state index in [1.807, 2.05) is 0 Å². The van der Waals surface area contributed by atoms with Gasteiger partial charge in [0.2, 0.25) is 16.6 Å². The van der Waals surface area contributed by atoms with Gasteiger partial charge in [-0.2, -0.15) is 0 Å². The lowest BCUT2D eigenvalue weighted by atomic mass is 9.86. The smallest absolute Gasteiger partial charge is 0.338 e. The van der Waals surface area contributed by atoms with Crippen molar-refractivity contribution in [3.8, 4) is 0 Å². The zero-order valence-corrected chi connectivity index (χ0v) is 28.5. The SMILES string of the molecule is [C-]#[N+]C(C)(CCC(=O)O)CC(C)(SC(=O)c1ccccc1)C(=O)OCc1cn(CCCCCC(=O)NC(CCC[NH+]=C(N)N)C(=O)O)nn1. The Morgan fingerprint density at radius 2 is 1.80 bits per heavy atom. The molecule has 49 heavy (non-hydrogen) atoms. The van der Waals surface area contributed by atoms with Crippen LogP contribution >= 0.6 is 11.8 Å². The Morgan fingerprint density at radius 3 is 2.43 bits per heavy atom. The average molecular weight is 702 g/mol. The van der Waals surface area contributed by atoms with Crippen molar-refractivity contribution in [2.45, 2.75) is 101 Å². The highest BCUT2D eigenvalue weighted by Gasteiger charge is 2.48. The van der Waals surface area contributed by atoms with Crippen molar-refractivity contribution in [1.82, 2.24) is 20.3 Å². The number of thioether (sulfide) groups is 1. The van der Waals surface area contributed by atoms with Gasteiger partial charge < -0.3 is 25.1 Å². The molecule has 0 saturated carbocycles. The van der Waals surface area contributed by atoms with Crippen LogP contribution in [0.4, 0.5) is 0 Å². The zero-order valence-electron chi connectivity index (χ0n) is 27.7. The second kappa shape index (κ2) is 19.7. The molecule has 2 rings (SSSR count). The first-order chi connectivity index (χ1) is 23.2. The number of nitrogens with two attached hydrogens (primary N) is 2. The number of nitrogens with one attached hydrogen (secondary N) is 2. The summed E-state index contributed by atoms with van der Waals surface area (Å²) in [5.74, 6) is -3.25. The van der Waals surface area contributed by atoms with Gasteiger partial charge in [0.1, 0.15) is 23.1 Å². The van der Waals surface area contributed by atoms with Crippen molar-refractivity contribution >= 4 is 46.7 Å². The van der Waals surface area contributed by atoms with E-state index in [1.54, 1.807) is 48.1 Å². The third-order valence-electron chi connectivity index (χ3n) is 7.49. The summed E-state index contributed by atoms with van der Waals surface area (Å²) >= 11 is 0.738. The zero-order chi connectivity index (χ0) is 36.5. The molecule has 0 fully saturated rings. The number of rotatable bonds is 22. The molecule has 1 heterocycles. The molecule has 1 amide bonds. The Balaban J connectivity index is 1.90. The Kier molecular flexibility index (Phi) is 16.2. The highest BCUT2D eigenvalue weighted by atomic mass is 32.2. The normalized spacial score (nSPS) is 13.9. The number of aliphatic carboxylic acids is 2. The van der Waals surface area contributed by atoms with Crippen LogP contribution in [0.5, 0.6) is 0 Å². The molecule has 3 atom stereocenters. The number of carbonyl (C=O) groups excluding carboxylic acids is 3. The first-order valence-electron chi connectivity index (χ1n) is 15.8. The maximum atomic E-state index is 13.5. The molecule has 0 spiro atoms. The molecule has 0 saturated heterocycles. The predicted octanol–water partition coefficient (Wildman–Crippen LogP) is 0.850. The minimum Gasteiger partial charge on any atom is -0.481 e. The third-order valence-corrected chi connectivity index (χ3v) is 8.67. The largest absolute Gasteiger partial charge is 0.481 e. The van der Waals surface area contributed by atoms with E-state index in [1.165, 1.54) is 6.92 Å². The van der Waals surface area contributed by atoms with Crippen molar-refractivity contribution in [1.29, 1.82) is 0 Å². The number of carboxylic acid groups (broad SMARTS) is 2. The van der Waals surface area contributed by atoms with Crippen LogP contribution in [0.3, 0.4) is 0 Å². The van der Waals surface area contributed by atoms with Gasteiger partial charge in [0.15, 0.2) is 0 Å². The molecule has 0 aliphatic rings. The summed E-state index contributed by atoms with van der Waals surface area (Å²) in [7, 11) is 0. The summed E-state index contributed by atoms with van der Waals surface area (Å²) in [4.78, 5) is 67.8. The molecule has 0 aliphatic carbocycles. The molecule has 266 valence electrons. The number of aromatic nitrogens is 3. The van der Waals surface area contributed by atoms with E-state index in [4.69, 9.17) is 27.9 Å². The van der Waals surface area contributed by atoms with Crippen molar-refractivity contribution in [2.75, 3.05) is 6.54 Å². The molecule has 16 nitrogen and oxygen atoms in total. The number of hydrogen-bond acceptors (Lipinski definition) is 9. The maximum absolute atomic E-state index is 13.5. The van der Waals surface area contributed by atoms with Crippen LogP contribution in [-0.2, 0) is 37.1 Å². The fourth-order valence-electron chi connectivity index (χ4n) is 4.88. The van der Waals surface area contributed by atoms with Gasteiger partial charge in [0, 0.05) is 31.9 Å². The molecule has 0 radical (unpaired) electrons. The standard InChI is InChI=1S/C32H44N8O8S/c1-31(35-3,16-15-26(42)43)21-32(2,49-28(46)22-11-6-4-7-12-22)29(47)48-20-23-19-40(39-38-23)18-9-5-8-14-25(41)37-24(27(44)45)13-10-17-36-30(33)34/h4,6-7,11-12,19,24H,5,8-10,13-18,20-21H2,1-2H3,(H,37,41)(H,42,43)(H,44,45)(H4,33,34,36)/p+1. The minimum atomic E-state index is -1.51. The lowest BCUT2D eigenvalue weighted by Crippen LogP contribution is -2.78. The molecule has 3 unspecified atom stereocenters. The van der Waals surface area contributed by atoms with E-state index in [0.717, 1.165) is 11.8 Å². The number of benzene rings is 1. The molecule has 2 aromatic rings. The summed E-state index contributed by atoms with van der Waals surface area (Å²) in [5, 5.41) is 28.8. The maximum Gasteiger partial charge on any atom is 0.338 e. The quantitative estimate of drug-likeness (QED) is 0.0328. The lowest BCUT2D eigenvalue weighted by Gasteiger charge is -2.30. The fourth-order valence-corrected chi connectivity index (χ4v) is 6.07. The van der Waals surface area contributed by atoms with E-state index in [9.17, 15) is 29.1 Å². The Morgan fingerprint density at radius 1 is 1.08 bits per heavy atom. The number of esters is 1. The fraction of sp³-hybridized carbons (Fsp3) is 0.531. The van der Waals surface area contributed by atoms with Gasteiger partial charge in [-0.15, -0.1) is 5.10 Å². The number of carboxylic acids is 2. The van der Waals surface area contributed by atoms with Gasteiger partial charge in [-0.1, -0.05) is 53.7 Å². The van der Waals surface area contributed by atoms with Gasteiger partial charge in [0.05, 0.1) is 25.6 Å². The summed E-state index contributed by atoms with van der Waals surface area (Å²) < 4.78 is 5.63. The molecular weight excluding hydrogens is 656 g/mol. The van der Waals surface area contributed by atoms with Crippen molar-refractivity contribution in [2.24, 2.45) is 11.5 Å². The van der Waals surface area contributed by atoms with Crippen LogP contribution in [0.2, 0.25) is 0 Å². The Labute approximate surface area is 288 Å². The van der Waals surface area contributed by atoms with E-state index < -0.39 is 39.4 Å². The Bertz CT molecular complexity index is 1510. The van der Waals surface area contributed by atoms with Gasteiger partial charge in [-0.05, 0) is 32.6 Å². The van der Waals surface area contributed by atoms with Gasteiger partial charge in [-0.3, -0.25) is 40.3 Å². The number of hydrogen-bond donors (Lipinski definition) is 6. The van der Waals surface area contributed by atoms with Gasteiger partial charge in [0.25, 0.3) is 0 Å². The third kappa shape index (κ3) is 14.8. The second-order valence-corrected chi connectivity index (χ2v) is 13.5.